The van der Waals surface area contributed by atoms with Gasteiger partial charge in [0.15, 0.2) is 5.82 Å². The molecule has 0 unspecified atom stereocenters. The number of rotatable bonds is 6. The van der Waals surface area contributed by atoms with Crippen LogP contribution in [-0.4, -0.2) is 40.7 Å². The van der Waals surface area contributed by atoms with Crippen LogP contribution in [0.15, 0.2) is 28.8 Å². The summed E-state index contributed by atoms with van der Waals surface area (Å²) in [4.78, 5) is 10.0. The van der Waals surface area contributed by atoms with Gasteiger partial charge in [0.05, 0.1) is 0 Å². The van der Waals surface area contributed by atoms with Gasteiger partial charge in [0.1, 0.15) is 5.69 Å². The second-order valence-electron chi connectivity index (χ2n) is 5.88. The van der Waals surface area contributed by atoms with Crippen molar-refractivity contribution < 1.29 is 4.52 Å². The molecule has 0 aliphatic heterocycles. The Bertz CT molecular complexity index is 757. The Morgan fingerprint density at radius 2 is 2.09 bits per heavy atom. The molecule has 116 valence electrons. The van der Waals surface area contributed by atoms with Gasteiger partial charge in [-0.3, -0.25) is 0 Å². The van der Waals surface area contributed by atoms with Gasteiger partial charge in [0, 0.05) is 23.9 Å². The first-order chi connectivity index (χ1) is 10.7. The van der Waals surface area contributed by atoms with Gasteiger partial charge in [0.2, 0.25) is 0 Å². The minimum Gasteiger partial charge on any atom is -0.351 e. The molecule has 0 saturated carbocycles. The topological polar surface area (TPSA) is 58.0 Å². The van der Waals surface area contributed by atoms with Crippen LogP contribution >= 0.6 is 0 Å². The summed E-state index contributed by atoms with van der Waals surface area (Å²) in [5, 5.41) is 5.25. The molecule has 0 spiro atoms. The maximum absolute atomic E-state index is 5.37. The summed E-state index contributed by atoms with van der Waals surface area (Å²) in [5.41, 5.74) is 3.34. The number of likely N-dealkylation sites (N-methyl/N-ethyl adjacent to an activating group) is 1. The average Bonchev–Trinajstić information content (AvgIpc) is 3.11. The van der Waals surface area contributed by atoms with Gasteiger partial charge < -0.3 is 14.4 Å². The van der Waals surface area contributed by atoms with E-state index in [1.807, 2.05) is 0 Å². The smallest absolute Gasteiger partial charge is 0.274 e. The number of fused-ring (bicyclic) bond motifs is 1. The molecule has 0 radical (unpaired) electrons. The second kappa shape index (κ2) is 6.32. The molecule has 2 aromatic heterocycles. The summed E-state index contributed by atoms with van der Waals surface area (Å²) in [6.07, 6.45) is 2.88. The predicted molar refractivity (Wildman–Crippen MR) is 87.8 cm³/mol. The first-order valence-corrected chi connectivity index (χ1v) is 7.75. The first-order valence-electron chi connectivity index (χ1n) is 7.75. The lowest BCUT2D eigenvalue weighted by Gasteiger charge is -2.09. The molecule has 22 heavy (non-hydrogen) atoms. The van der Waals surface area contributed by atoms with Crippen LogP contribution in [-0.2, 0) is 12.8 Å². The Morgan fingerprint density at radius 1 is 1.23 bits per heavy atom. The van der Waals surface area contributed by atoms with Crippen molar-refractivity contribution >= 4 is 10.9 Å². The number of benzene rings is 1. The highest BCUT2D eigenvalue weighted by Gasteiger charge is 2.13. The van der Waals surface area contributed by atoms with E-state index in [1.54, 1.807) is 0 Å². The van der Waals surface area contributed by atoms with Crippen molar-refractivity contribution in [2.45, 2.75) is 26.2 Å². The molecular formula is C17H22N4O. The van der Waals surface area contributed by atoms with Crippen molar-refractivity contribution in [1.29, 1.82) is 0 Å². The highest BCUT2D eigenvalue weighted by atomic mass is 16.5. The van der Waals surface area contributed by atoms with Crippen LogP contribution < -0.4 is 0 Å². The molecule has 5 heteroatoms. The van der Waals surface area contributed by atoms with E-state index in [0.717, 1.165) is 42.8 Å². The fourth-order valence-corrected chi connectivity index (χ4v) is 2.58. The van der Waals surface area contributed by atoms with Crippen LogP contribution in [0.4, 0.5) is 0 Å². The van der Waals surface area contributed by atoms with Crippen LogP contribution in [0.1, 0.15) is 24.7 Å². The summed E-state index contributed by atoms with van der Waals surface area (Å²) in [5.74, 6) is 1.34. The molecule has 1 aromatic carbocycles. The van der Waals surface area contributed by atoms with Gasteiger partial charge >= 0.3 is 0 Å². The lowest BCUT2D eigenvalue weighted by atomic mass is 10.1. The third-order valence-corrected chi connectivity index (χ3v) is 3.75. The Balaban J connectivity index is 1.93. The van der Waals surface area contributed by atoms with E-state index in [4.69, 9.17) is 4.52 Å². The zero-order valence-corrected chi connectivity index (χ0v) is 13.4. The van der Waals surface area contributed by atoms with Gasteiger partial charge in [-0.25, -0.2) is 0 Å². The molecule has 2 heterocycles. The maximum atomic E-state index is 5.37. The minimum absolute atomic E-state index is 0.568. The summed E-state index contributed by atoms with van der Waals surface area (Å²) < 4.78 is 5.37. The number of aromatic nitrogens is 3. The molecular weight excluding hydrogens is 276 g/mol. The minimum atomic E-state index is 0.568. The average molecular weight is 298 g/mol. The maximum Gasteiger partial charge on any atom is 0.274 e. The third kappa shape index (κ3) is 3.04. The van der Waals surface area contributed by atoms with E-state index in [1.165, 1.54) is 10.9 Å². The molecule has 0 fully saturated rings. The molecule has 0 saturated heterocycles. The van der Waals surface area contributed by atoms with Crippen LogP contribution in [0.25, 0.3) is 22.5 Å². The number of nitrogens with one attached hydrogen (secondary N) is 1. The summed E-state index contributed by atoms with van der Waals surface area (Å²) in [6.45, 7) is 3.14. The SMILES string of the molecule is CCCc1noc(-c2cc3c(CCN(C)C)cccc3[nH]2)n1. The highest BCUT2D eigenvalue weighted by Crippen LogP contribution is 2.26. The molecule has 0 bridgehead atoms. The molecule has 0 atom stereocenters. The van der Waals surface area contributed by atoms with Crippen LogP contribution in [0, 0.1) is 0 Å². The van der Waals surface area contributed by atoms with E-state index in [2.05, 4.69) is 65.3 Å². The van der Waals surface area contributed by atoms with E-state index in [0.29, 0.717) is 5.89 Å². The van der Waals surface area contributed by atoms with Crippen molar-refractivity contribution in [1.82, 2.24) is 20.0 Å². The summed E-state index contributed by atoms with van der Waals surface area (Å²) in [7, 11) is 4.19. The predicted octanol–water partition coefficient (Wildman–Crippen LogP) is 3.27. The molecule has 1 N–H and O–H groups in total. The largest absolute Gasteiger partial charge is 0.351 e. The lowest BCUT2D eigenvalue weighted by molar-refractivity contribution is 0.414. The van der Waals surface area contributed by atoms with E-state index >= 15 is 0 Å². The van der Waals surface area contributed by atoms with Crippen molar-refractivity contribution in [3.05, 3.63) is 35.7 Å². The molecule has 3 rings (SSSR count). The molecule has 0 aliphatic rings. The summed E-state index contributed by atoms with van der Waals surface area (Å²) in [6, 6.07) is 8.47. The second-order valence-corrected chi connectivity index (χ2v) is 5.88. The zero-order valence-electron chi connectivity index (χ0n) is 13.4. The van der Waals surface area contributed by atoms with Crippen LogP contribution in [0.5, 0.6) is 0 Å². The van der Waals surface area contributed by atoms with E-state index in [-0.39, 0.29) is 0 Å². The van der Waals surface area contributed by atoms with E-state index in [9.17, 15) is 0 Å². The Morgan fingerprint density at radius 3 is 2.86 bits per heavy atom. The van der Waals surface area contributed by atoms with Crippen molar-refractivity contribution in [3.63, 3.8) is 0 Å². The standard InChI is InChI=1S/C17H22N4O/c1-4-6-16-19-17(22-20-16)15-11-13-12(9-10-21(2)3)7-5-8-14(13)18-15/h5,7-8,11,18H,4,6,9-10H2,1-3H3. The van der Waals surface area contributed by atoms with Gasteiger partial charge in [-0.05, 0) is 44.6 Å². The Labute approximate surface area is 130 Å². The molecule has 3 aromatic rings. The van der Waals surface area contributed by atoms with Crippen molar-refractivity contribution in [2.24, 2.45) is 0 Å². The van der Waals surface area contributed by atoms with E-state index < -0.39 is 0 Å². The van der Waals surface area contributed by atoms with Gasteiger partial charge in [0.25, 0.3) is 5.89 Å². The summed E-state index contributed by atoms with van der Waals surface area (Å²) >= 11 is 0. The Kier molecular flexibility index (Phi) is 4.24. The third-order valence-electron chi connectivity index (χ3n) is 3.75. The quantitative estimate of drug-likeness (QED) is 0.759. The molecule has 0 aliphatic carbocycles. The lowest BCUT2D eigenvalue weighted by Crippen LogP contribution is -2.15. The van der Waals surface area contributed by atoms with Crippen molar-refractivity contribution in [3.8, 4) is 11.6 Å². The number of nitrogens with zero attached hydrogens (tertiary/aromatic N) is 3. The number of H-pyrrole nitrogens is 1. The number of hydrogen-bond donors (Lipinski definition) is 1. The van der Waals surface area contributed by atoms with Gasteiger partial charge in [-0.2, -0.15) is 4.98 Å². The van der Waals surface area contributed by atoms with Crippen molar-refractivity contribution in [2.75, 3.05) is 20.6 Å². The number of aromatic amines is 1. The zero-order chi connectivity index (χ0) is 15.5. The fraction of sp³-hybridized carbons (Fsp3) is 0.412. The molecule has 0 amide bonds. The Hall–Kier alpha value is -2.14. The fourth-order valence-electron chi connectivity index (χ4n) is 2.58. The normalized spacial score (nSPS) is 11.6. The molecule has 5 nitrogen and oxygen atoms in total. The van der Waals surface area contributed by atoms with Gasteiger partial charge in [-0.15, -0.1) is 0 Å². The number of aryl methyl sites for hydroxylation is 1. The van der Waals surface area contributed by atoms with Gasteiger partial charge in [-0.1, -0.05) is 24.2 Å². The number of hydrogen-bond acceptors (Lipinski definition) is 4. The monoisotopic (exact) mass is 298 g/mol. The van der Waals surface area contributed by atoms with Crippen LogP contribution in [0.2, 0.25) is 0 Å². The first kappa shape index (κ1) is 14.8. The van der Waals surface area contributed by atoms with Crippen LogP contribution in [0.3, 0.4) is 0 Å². The highest BCUT2D eigenvalue weighted by molar-refractivity contribution is 5.87.